The van der Waals surface area contributed by atoms with Crippen molar-refractivity contribution in [2.75, 3.05) is 6.54 Å². The summed E-state index contributed by atoms with van der Waals surface area (Å²) in [6.45, 7) is 19.3. The topological polar surface area (TPSA) is 58.2 Å². The molecule has 146 valence electrons. The average molecular weight is 353 g/mol. The first-order valence-corrected chi connectivity index (χ1v) is 9.70. The summed E-state index contributed by atoms with van der Waals surface area (Å²) in [4.78, 5) is 24.9. The molecule has 4 heteroatoms. The molecule has 0 aromatic heterocycles. The predicted octanol–water partition coefficient (Wildman–Crippen LogP) is 4.29. The minimum atomic E-state index is -0.376. The first kappa shape index (κ1) is 22.0. The Morgan fingerprint density at radius 3 is 2.04 bits per heavy atom. The minimum absolute atomic E-state index is 0.00301. The van der Waals surface area contributed by atoms with Gasteiger partial charge in [-0.1, -0.05) is 62.3 Å². The quantitative estimate of drug-likeness (QED) is 0.775. The number of amides is 2. The van der Waals surface area contributed by atoms with Gasteiger partial charge in [0.05, 0.1) is 0 Å². The van der Waals surface area contributed by atoms with Crippen molar-refractivity contribution in [2.24, 2.45) is 21.7 Å². The van der Waals surface area contributed by atoms with Gasteiger partial charge in [0.15, 0.2) is 0 Å². The van der Waals surface area contributed by atoms with Crippen LogP contribution in [0.25, 0.3) is 0 Å². The third-order valence-electron chi connectivity index (χ3n) is 5.63. The van der Waals surface area contributed by atoms with E-state index >= 15 is 0 Å². The van der Waals surface area contributed by atoms with E-state index < -0.39 is 0 Å². The molecular weight excluding hydrogens is 312 g/mol. The van der Waals surface area contributed by atoms with E-state index in [1.54, 1.807) is 0 Å². The lowest BCUT2D eigenvalue weighted by atomic mass is 9.62. The van der Waals surface area contributed by atoms with Crippen LogP contribution in [0.4, 0.5) is 0 Å². The highest BCUT2D eigenvalue weighted by molar-refractivity contribution is 5.82. The molecule has 1 rings (SSSR count). The van der Waals surface area contributed by atoms with Crippen molar-refractivity contribution in [2.45, 2.75) is 94.0 Å². The van der Waals surface area contributed by atoms with E-state index in [1.165, 1.54) is 0 Å². The Balaban J connectivity index is 2.82. The van der Waals surface area contributed by atoms with E-state index in [4.69, 9.17) is 0 Å². The Labute approximate surface area is 154 Å². The van der Waals surface area contributed by atoms with Crippen LogP contribution in [-0.2, 0) is 9.59 Å². The monoisotopic (exact) mass is 352 g/mol. The molecule has 1 fully saturated rings. The number of carbonyl (C=O) groups excluding carboxylic acids is 2. The molecule has 2 amide bonds. The largest absolute Gasteiger partial charge is 0.355 e. The van der Waals surface area contributed by atoms with Crippen molar-refractivity contribution in [1.82, 2.24) is 10.6 Å². The van der Waals surface area contributed by atoms with Gasteiger partial charge < -0.3 is 10.6 Å². The van der Waals surface area contributed by atoms with Crippen LogP contribution in [-0.4, -0.2) is 24.4 Å². The predicted molar refractivity (Wildman–Crippen MR) is 104 cm³/mol. The number of carbonyl (C=O) groups is 2. The first-order valence-electron chi connectivity index (χ1n) is 9.70. The van der Waals surface area contributed by atoms with Gasteiger partial charge in [-0.15, -0.1) is 0 Å². The molecule has 2 unspecified atom stereocenters. The lowest BCUT2D eigenvalue weighted by Crippen LogP contribution is -2.53. The van der Waals surface area contributed by atoms with Gasteiger partial charge >= 0.3 is 0 Å². The SMILES string of the molecule is CCC(C)(C)C(=O)NC1CC(C)(C)CC(C)(CNC(=O)C(C)(C)C)C1. The fraction of sp³-hybridized carbons (Fsp3) is 0.905. The van der Waals surface area contributed by atoms with E-state index in [0.29, 0.717) is 6.54 Å². The van der Waals surface area contributed by atoms with Gasteiger partial charge in [-0.05, 0) is 36.5 Å². The van der Waals surface area contributed by atoms with Gasteiger partial charge in [-0.2, -0.15) is 0 Å². The summed E-state index contributed by atoms with van der Waals surface area (Å²) < 4.78 is 0. The van der Waals surface area contributed by atoms with Crippen LogP contribution in [0.3, 0.4) is 0 Å². The highest BCUT2D eigenvalue weighted by Gasteiger charge is 2.43. The van der Waals surface area contributed by atoms with Crippen LogP contribution in [0.5, 0.6) is 0 Å². The zero-order valence-electron chi connectivity index (χ0n) is 17.9. The van der Waals surface area contributed by atoms with Crippen LogP contribution in [0.2, 0.25) is 0 Å². The average Bonchev–Trinajstić information content (AvgIpc) is 2.41. The summed E-state index contributed by atoms with van der Waals surface area (Å²) in [5.41, 5.74) is -0.567. The molecule has 0 spiro atoms. The number of hydrogen-bond donors (Lipinski definition) is 2. The van der Waals surface area contributed by atoms with Crippen LogP contribution < -0.4 is 10.6 Å². The molecular formula is C21H40N2O2. The van der Waals surface area contributed by atoms with Gasteiger partial charge in [0.2, 0.25) is 11.8 Å². The van der Waals surface area contributed by atoms with E-state index in [-0.39, 0.29) is 39.5 Å². The molecule has 0 radical (unpaired) electrons. The van der Waals surface area contributed by atoms with Crippen molar-refractivity contribution in [3.05, 3.63) is 0 Å². The molecule has 25 heavy (non-hydrogen) atoms. The zero-order chi connectivity index (χ0) is 19.7. The Morgan fingerprint density at radius 1 is 1.00 bits per heavy atom. The Bertz CT molecular complexity index is 503. The fourth-order valence-corrected chi connectivity index (χ4v) is 3.97. The number of rotatable bonds is 5. The molecule has 0 aliphatic heterocycles. The van der Waals surface area contributed by atoms with E-state index in [0.717, 1.165) is 25.7 Å². The molecule has 2 atom stereocenters. The second-order valence-electron chi connectivity index (χ2n) is 10.9. The number of nitrogens with one attached hydrogen (secondary N) is 2. The highest BCUT2D eigenvalue weighted by Crippen LogP contribution is 2.46. The first-order chi connectivity index (χ1) is 11.1. The summed E-state index contributed by atoms with van der Waals surface area (Å²) in [6.07, 6.45) is 3.77. The van der Waals surface area contributed by atoms with E-state index in [9.17, 15) is 9.59 Å². The maximum atomic E-state index is 12.6. The molecule has 0 bridgehead atoms. The van der Waals surface area contributed by atoms with E-state index in [1.807, 2.05) is 34.6 Å². The lowest BCUT2D eigenvalue weighted by molar-refractivity contribution is -0.132. The Kier molecular flexibility index (Phi) is 6.40. The summed E-state index contributed by atoms with van der Waals surface area (Å²) in [6, 6.07) is 0.165. The maximum absolute atomic E-state index is 12.6. The summed E-state index contributed by atoms with van der Waals surface area (Å²) in [7, 11) is 0. The lowest BCUT2D eigenvalue weighted by Gasteiger charge is -2.47. The Morgan fingerprint density at radius 2 is 1.56 bits per heavy atom. The highest BCUT2D eigenvalue weighted by atomic mass is 16.2. The summed E-state index contributed by atoms with van der Waals surface area (Å²) in [5.74, 6) is 0.226. The molecule has 0 saturated heterocycles. The second-order valence-corrected chi connectivity index (χ2v) is 10.9. The number of hydrogen-bond acceptors (Lipinski definition) is 2. The van der Waals surface area contributed by atoms with Crippen molar-refractivity contribution in [3.63, 3.8) is 0 Å². The van der Waals surface area contributed by atoms with Gasteiger partial charge in [0, 0.05) is 23.4 Å². The zero-order valence-corrected chi connectivity index (χ0v) is 17.9. The second kappa shape index (κ2) is 7.28. The molecule has 1 aliphatic carbocycles. The molecule has 0 heterocycles. The van der Waals surface area contributed by atoms with Gasteiger partial charge in [0.1, 0.15) is 0 Å². The van der Waals surface area contributed by atoms with Crippen LogP contribution >= 0.6 is 0 Å². The van der Waals surface area contributed by atoms with Crippen molar-refractivity contribution in [1.29, 1.82) is 0 Å². The van der Waals surface area contributed by atoms with Crippen LogP contribution in [0.15, 0.2) is 0 Å². The smallest absolute Gasteiger partial charge is 0.225 e. The molecule has 1 saturated carbocycles. The molecule has 0 aromatic carbocycles. The van der Waals surface area contributed by atoms with Crippen LogP contribution in [0, 0.1) is 21.7 Å². The summed E-state index contributed by atoms with van der Waals surface area (Å²) in [5, 5.41) is 6.42. The molecule has 0 aromatic rings. The standard InChI is InChI=1S/C21H40N2O2/c1-10-20(7,8)17(25)23-15-11-19(5,6)13-21(9,12-15)14-22-16(24)18(2,3)4/h15H,10-14H2,1-9H3,(H,22,24)(H,23,25). The van der Waals surface area contributed by atoms with Gasteiger partial charge in [-0.25, -0.2) is 0 Å². The van der Waals surface area contributed by atoms with E-state index in [2.05, 4.69) is 38.3 Å². The van der Waals surface area contributed by atoms with Gasteiger partial charge in [0.25, 0.3) is 0 Å². The van der Waals surface area contributed by atoms with Crippen molar-refractivity contribution in [3.8, 4) is 0 Å². The summed E-state index contributed by atoms with van der Waals surface area (Å²) >= 11 is 0. The third kappa shape index (κ3) is 6.31. The normalized spacial score (nSPS) is 26.8. The van der Waals surface area contributed by atoms with Gasteiger partial charge in [-0.3, -0.25) is 9.59 Å². The third-order valence-corrected chi connectivity index (χ3v) is 5.63. The molecule has 4 nitrogen and oxygen atoms in total. The maximum Gasteiger partial charge on any atom is 0.225 e. The van der Waals surface area contributed by atoms with Crippen molar-refractivity contribution < 1.29 is 9.59 Å². The minimum Gasteiger partial charge on any atom is -0.355 e. The van der Waals surface area contributed by atoms with Crippen molar-refractivity contribution >= 4 is 11.8 Å². The Hall–Kier alpha value is -1.06. The molecule has 2 N–H and O–H groups in total. The van der Waals surface area contributed by atoms with Crippen LogP contribution in [0.1, 0.15) is 88.0 Å². The fourth-order valence-electron chi connectivity index (χ4n) is 3.97. The molecule has 1 aliphatic rings.